The Kier molecular flexibility index (Phi) is 6.00. The van der Waals surface area contributed by atoms with Crippen molar-refractivity contribution >= 4 is 34.9 Å². The lowest BCUT2D eigenvalue weighted by Crippen LogP contribution is -2.30. The van der Waals surface area contributed by atoms with E-state index in [0.29, 0.717) is 29.4 Å². The summed E-state index contributed by atoms with van der Waals surface area (Å²) < 4.78 is 0. The van der Waals surface area contributed by atoms with Gasteiger partial charge in [0, 0.05) is 29.9 Å². The fraction of sp³-hybridized carbons (Fsp3) is 0.176. The van der Waals surface area contributed by atoms with E-state index in [1.807, 2.05) is 24.3 Å². The number of amides is 3. The molecular formula is C17H18ClN3O2. The molecule has 0 spiro atoms. The molecule has 2 aromatic carbocycles. The van der Waals surface area contributed by atoms with Gasteiger partial charge in [0.05, 0.1) is 0 Å². The van der Waals surface area contributed by atoms with E-state index >= 15 is 0 Å². The van der Waals surface area contributed by atoms with Gasteiger partial charge in [-0.3, -0.25) is 4.79 Å². The first-order valence-corrected chi connectivity index (χ1v) is 7.58. The monoisotopic (exact) mass is 331 g/mol. The summed E-state index contributed by atoms with van der Waals surface area (Å²) in [6, 6.07) is 14.1. The maximum Gasteiger partial charge on any atom is 0.319 e. The van der Waals surface area contributed by atoms with Crippen LogP contribution in [0.2, 0.25) is 5.02 Å². The predicted octanol–water partition coefficient (Wildman–Crippen LogP) is 3.66. The van der Waals surface area contributed by atoms with Crippen LogP contribution in [0, 0.1) is 0 Å². The van der Waals surface area contributed by atoms with Crippen molar-refractivity contribution in [1.29, 1.82) is 0 Å². The second-order valence-electron chi connectivity index (χ2n) is 4.98. The third kappa shape index (κ3) is 5.64. The number of carbonyl (C=O) groups excluding carboxylic acids is 2. The minimum absolute atomic E-state index is 0.136. The van der Waals surface area contributed by atoms with Crippen molar-refractivity contribution in [3.63, 3.8) is 0 Å². The van der Waals surface area contributed by atoms with E-state index in [1.54, 1.807) is 24.3 Å². The minimum Gasteiger partial charge on any atom is -0.338 e. The quantitative estimate of drug-likeness (QED) is 0.782. The fourth-order valence-corrected chi connectivity index (χ4v) is 2.26. The summed E-state index contributed by atoms with van der Waals surface area (Å²) in [5.74, 6) is -0.136. The summed E-state index contributed by atoms with van der Waals surface area (Å²) in [5, 5.41) is 8.86. The second-order valence-corrected chi connectivity index (χ2v) is 5.39. The Hall–Kier alpha value is -2.53. The first-order valence-electron chi connectivity index (χ1n) is 7.20. The number of anilines is 2. The fourth-order valence-electron chi connectivity index (χ4n) is 2.03. The zero-order valence-electron chi connectivity index (χ0n) is 12.7. The average molecular weight is 332 g/mol. The minimum atomic E-state index is -0.288. The Morgan fingerprint density at radius 1 is 0.957 bits per heavy atom. The van der Waals surface area contributed by atoms with Crippen molar-refractivity contribution in [3.8, 4) is 0 Å². The Morgan fingerprint density at radius 2 is 1.57 bits per heavy atom. The van der Waals surface area contributed by atoms with Gasteiger partial charge in [-0.1, -0.05) is 29.8 Å². The zero-order chi connectivity index (χ0) is 16.7. The summed E-state index contributed by atoms with van der Waals surface area (Å²) in [6.07, 6.45) is 0.661. The molecule has 3 amide bonds. The number of rotatable bonds is 5. The van der Waals surface area contributed by atoms with Gasteiger partial charge < -0.3 is 16.0 Å². The molecule has 0 aromatic heterocycles. The maximum absolute atomic E-state index is 11.8. The smallest absolute Gasteiger partial charge is 0.319 e. The highest BCUT2D eigenvalue weighted by molar-refractivity contribution is 6.31. The molecule has 0 aliphatic heterocycles. The molecule has 0 aliphatic rings. The van der Waals surface area contributed by atoms with Crippen LogP contribution in [0.15, 0.2) is 48.5 Å². The van der Waals surface area contributed by atoms with Crippen LogP contribution in [-0.4, -0.2) is 18.5 Å². The number of halogens is 1. The molecule has 2 aromatic rings. The summed E-state index contributed by atoms with van der Waals surface area (Å²) in [6.45, 7) is 1.93. The van der Waals surface area contributed by atoms with Crippen LogP contribution in [0.25, 0.3) is 0 Å². The predicted molar refractivity (Wildman–Crippen MR) is 92.9 cm³/mol. The first kappa shape index (κ1) is 16.8. The van der Waals surface area contributed by atoms with Gasteiger partial charge in [0.2, 0.25) is 5.91 Å². The molecule has 120 valence electrons. The standard InChI is InChI=1S/C17H18ClN3O2/c1-12(22)20-14-6-8-15(9-7-14)21-17(23)19-11-10-13-4-2-3-5-16(13)18/h2-9H,10-11H2,1H3,(H,20,22)(H2,19,21,23). The van der Waals surface area contributed by atoms with E-state index in [2.05, 4.69) is 16.0 Å². The number of nitrogens with one attached hydrogen (secondary N) is 3. The Bertz CT molecular complexity index is 686. The van der Waals surface area contributed by atoms with Crippen molar-refractivity contribution in [1.82, 2.24) is 5.32 Å². The molecule has 0 radical (unpaired) electrons. The van der Waals surface area contributed by atoms with Crippen molar-refractivity contribution in [2.45, 2.75) is 13.3 Å². The SMILES string of the molecule is CC(=O)Nc1ccc(NC(=O)NCCc2ccccc2Cl)cc1. The maximum atomic E-state index is 11.8. The molecule has 23 heavy (non-hydrogen) atoms. The molecule has 0 saturated carbocycles. The Morgan fingerprint density at radius 3 is 2.17 bits per heavy atom. The Balaban J connectivity index is 1.78. The summed E-state index contributed by atoms with van der Waals surface area (Å²) >= 11 is 6.06. The highest BCUT2D eigenvalue weighted by Gasteiger charge is 2.03. The number of hydrogen-bond acceptors (Lipinski definition) is 2. The number of carbonyl (C=O) groups is 2. The molecule has 0 atom stereocenters. The Labute approximate surface area is 140 Å². The van der Waals surface area contributed by atoms with Crippen molar-refractivity contribution in [3.05, 3.63) is 59.1 Å². The van der Waals surface area contributed by atoms with Gasteiger partial charge in [-0.25, -0.2) is 4.79 Å². The van der Waals surface area contributed by atoms with E-state index in [0.717, 1.165) is 5.56 Å². The lowest BCUT2D eigenvalue weighted by Gasteiger charge is -2.09. The average Bonchev–Trinajstić information content (AvgIpc) is 2.51. The molecule has 0 heterocycles. The van der Waals surface area contributed by atoms with Gasteiger partial charge in [-0.05, 0) is 42.3 Å². The van der Waals surface area contributed by atoms with E-state index in [-0.39, 0.29) is 11.9 Å². The van der Waals surface area contributed by atoms with Gasteiger partial charge in [0.15, 0.2) is 0 Å². The lowest BCUT2D eigenvalue weighted by molar-refractivity contribution is -0.114. The number of urea groups is 1. The molecule has 2 rings (SSSR count). The topological polar surface area (TPSA) is 70.2 Å². The van der Waals surface area contributed by atoms with Crippen LogP contribution in [0.5, 0.6) is 0 Å². The van der Waals surface area contributed by atoms with Gasteiger partial charge in [-0.15, -0.1) is 0 Å². The molecule has 3 N–H and O–H groups in total. The van der Waals surface area contributed by atoms with E-state index in [1.165, 1.54) is 6.92 Å². The van der Waals surface area contributed by atoms with Crippen LogP contribution in [0.4, 0.5) is 16.2 Å². The normalized spacial score (nSPS) is 10.0. The molecule has 0 unspecified atom stereocenters. The zero-order valence-corrected chi connectivity index (χ0v) is 13.5. The molecule has 0 fully saturated rings. The first-order chi connectivity index (χ1) is 11.0. The van der Waals surface area contributed by atoms with Crippen LogP contribution in [0.3, 0.4) is 0 Å². The van der Waals surface area contributed by atoms with Crippen molar-refractivity contribution < 1.29 is 9.59 Å². The number of benzene rings is 2. The highest BCUT2D eigenvalue weighted by atomic mass is 35.5. The lowest BCUT2D eigenvalue weighted by atomic mass is 10.1. The van der Waals surface area contributed by atoms with Crippen molar-refractivity contribution in [2.75, 3.05) is 17.2 Å². The molecule has 0 bridgehead atoms. The van der Waals surface area contributed by atoms with Gasteiger partial charge >= 0.3 is 6.03 Å². The van der Waals surface area contributed by atoms with E-state index < -0.39 is 0 Å². The summed E-state index contributed by atoms with van der Waals surface area (Å²) in [5.41, 5.74) is 2.32. The molecule has 5 nitrogen and oxygen atoms in total. The molecular weight excluding hydrogens is 314 g/mol. The van der Waals surface area contributed by atoms with Gasteiger partial charge in [0.1, 0.15) is 0 Å². The van der Waals surface area contributed by atoms with E-state index in [9.17, 15) is 9.59 Å². The molecule has 6 heteroatoms. The van der Waals surface area contributed by atoms with Crippen LogP contribution in [-0.2, 0) is 11.2 Å². The third-order valence-corrected chi connectivity index (χ3v) is 3.47. The largest absolute Gasteiger partial charge is 0.338 e. The number of hydrogen-bond donors (Lipinski definition) is 3. The summed E-state index contributed by atoms with van der Waals surface area (Å²) in [4.78, 5) is 22.8. The van der Waals surface area contributed by atoms with Crippen molar-refractivity contribution in [2.24, 2.45) is 0 Å². The highest BCUT2D eigenvalue weighted by Crippen LogP contribution is 2.15. The van der Waals surface area contributed by atoms with Gasteiger partial charge in [-0.2, -0.15) is 0 Å². The third-order valence-electron chi connectivity index (χ3n) is 3.10. The summed E-state index contributed by atoms with van der Waals surface area (Å²) in [7, 11) is 0. The van der Waals surface area contributed by atoms with Gasteiger partial charge in [0.25, 0.3) is 0 Å². The van der Waals surface area contributed by atoms with E-state index in [4.69, 9.17) is 11.6 Å². The van der Waals surface area contributed by atoms with Crippen LogP contribution < -0.4 is 16.0 Å². The second kappa shape index (κ2) is 8.19. The van der Waals surface area contributed by atoms with Crippen LogP contribution in [0.1, 0.15) is 12.5 Å². The molecule has 0 saturated heterocycles. The molecule has 0 aliphatic carbocycles. The van der Waals surface area contributed by atoms with Crippen LogP contribution >= 0.6 is 11.6 Å².